The van der Waals surface area contributed by atoms with Crippen LogP contribution in [0.3, 0.4) is 0 Å². The van der Waals surface area contributed by atoms with E-state index in [1.165, 1.54) is 0 Å². The maximum Gasteiger partial charge on any atom is 0.363 e. The first-order valence-electron chi connectivity index (χ1n) is 4.99. The smallest absolute Gasteiger partial charge is 0.363 e. The van der Waals surface area contributed by atoms with Gasteiger partial charge in [0.05, 0.1) is 0 Å². The third-order valence-corrected chi connectivity index (χ3v) is 2.30. The van der Waals surface area contributed by atoms with Crippen LogP contribution in [-0.4, -0.2) is 43.8 Å². The van der Waals surface area contributed by atoms with Gasteiger partial charge in [-0.3, -0.25) is 9.55 Å². The number of aliphatic imine (C=N–C) groups is 1. The number of primary amides is 1. The second-order valence-corrected chi connectivity index (χ2v) is 4.08. The Hall–Kier alpha value is -1.92. The Labute approximate surface area is 111 Å². The van der Waals surface area contributed by atoms with Crippen molar-refractivity contribution in [1.29, 1.82) is 0 Å². The molecule has 0 aliphatic carbocycles. The number of carbonyl (C=O) groups is 2. The molecule has 0 aromatic rings. The van der Waals surface area contributed by atoms with E-state index >= 15 is 0 Å². The highest BCUT2D eigenvalue weighted by Gasteiger charge is 2.25. The molecule has 0 saturated carbocycles. The average Bonchev–Trinajstić information content (AvgIpc) is 2.29. The molecule has 0 aliphatic rings. The Morgan fingerprint density at radius 2 is 1.95 bits per heavy atom. The van der Waals surface area contributed by atoms with E-state index in [9.17, 15) is 13.8 Å². The van der Waals surface area contributed by atoms with Gasteiger partial charge in [0.2, 0.25) is 0 Å². The summed E-state index contributed by atoms with van der Waals surface area (Å²) in [5, 5.41) is 0. The molecule has 11 nitrogen and oxygen atoms in total. The third-order valence-electron chi connectivity index (χ3n) is 1.77. The lowest BCUT2D eigenvalue weighted by Crippen LogP contribution is -2.43. The molecule has 12 heteroatoms. The lowest BCUT2D eigenvalue weighted by molar-refractivity contribution is -0.164. The average molecular weight is 296 g/mol. The Morgan fingerprint density at radius 1 is 1.37 bits per heavy atom. The molecule has 0 heterocycles. The van der Waals surface area contributed by atoms with Crippen molar-refractivity contribution in [2.75, 3.05) is 6.54 Å². The molecule has 0 aromatic carbocycles. The van der Waals surface area contributed by atoms with Gasteiger partial charge in [-0.25, -0.2) is 13.8 Å². The van der Waals surface area contributed by atoms with Crippen molar-refractivity contribution >= 4 is 29.2 Å². The van der Waals surface area contributed by atoms with Gasteiger partial charge in [0.1, 0.15) is 6.04 Å². The summed E-state index contributed by atoms with van der Waals surface area (Å²) < 4.78 is 19.0. The van der Waals surface area contributed by atoms with E-state index in [2.05, 4.69) is 9.83 Å². The molecule has 0 fully saturated rings. The Morgan fingerprint density at radius 3 is 2.37 bits per heavy atom. The molecule has 0 bridgehead atoms. The lowest BCUT2D eigenvalue weighted by atomic mass is 10.2. The number of urea groups is 1. The highest BCUT2D eigenvalue weighted by molar-refractivity contribution is 7.77. The summed E-state index contributed by atoms with van der Waals surface area (Å²) in [5.74, 6) is -1.17. The van der Waals surface area contributed by atoms with Crippen LogP contribution < -0.4 is 22.9 Å². The van der Waals surface area contributed by atoms with Gasteiger partial charge < -0.3 is 27.8 Å². The standard InChI is InChI=1S/C7H16N6O5S/c8-4(2-1-3-12-6(9)10)5(14)18-13(7(11)15)19(16)17/h4H,1-3,8H2,(H2,11,15)(H,16,17)(H4,9,10,12)/t4-/m0/s1. The van der Waals surface area contributed by atoms with Gasteiger partial charge in [0.15, 0.2) is 5.96 Å². The fourth-order valence-corrected chi connectivity index (χ4v) is 1.23. The van der Waals surface area contributed by atoms with Gasteiger partial charge in [-0.15, -0.1) is 0 Å². The first-order valence-corrected chi connectivity index (χ1v) is 6.05. The zero-order chi connectivity index (χ0) is 15.0. The summed E-state index contributed by atoms with van der Waals surface area (Å²) in [7, 11) is 0. The van der Waals surface area contributed by atoms with E-state index in [1.807, 2.05) is 0 Å². The first-order chi connectivity index (χ1) is 8.75. The number of rotatable bonds is 6. The molecule has 0 radical (unpaired) electrons. The highest BCUT2D eigenvalue weighted by atomic mass is 32.2. The number of nitrogens with two attached hydrogens (primary N) is 4. The second-order valence-electron chi connectivity index (χ2n) is 3.29. The minimum atomic E-state index is -2.88. The number of hydrogen-bond donors (Lipinski definition) is 5. The second kappa shape index (κ2) is 8.23. The summed E-state index contributed by atoms with van der Waals surface area (Å²) in [6, 6.07) is -2.51. The van der Waals surface area contributed by atoms with E-state index in [0.29, 0.717) is 6.42 Å². The quantitative estimate of drug-likeness (QED) is 0.115. The number of nitrogens with zero attached hydrogens (tertiary/aromatic N) is 2. The predicted molar refractivity (Wildman–Crippen MR) is 66.2 cm³/mol. The fourth-order valence-electron chi connectivity index (χ4n) is 0.940. The summed E-state index contributed by atoms with van der Waals surface area (Å²) in [4.78, 5) is 30.0. The number of carbonyl (C=O) groups excluding carboxylic acids is 2. The molecule has 0 aliphatic heterocycles. The number of hydroxylamine groups is 1. The van der Waals surface area contributed by atoms with E-state index in [0.717, 1.165) is 0 Å². The van der Waals surface area contributed by atoms with Gasteiger partial charge in [-0.2, -0.15) is 0 Å². The summed E-state index contributed by atoms with van der Waals surface area (Å²) in [5.41, 5.74) is 20.3. The molecule has 0 saturated heterocycles. The van der Waals surface area contributed by atoms with E-state index in [-0.39, 0.29) is 23.4 Å². The first kappa shape index (κ1) is 17.1. The van der Waals surface area contributed by atoms with Crippen molar-refractivity contribution in [2.45, 2.75) is 18.9 Å². The van der Waals surface area contributed by atoms with Gasteiger partial charge >= 0.3 is 23.3 Å². The maximum atomic E-state index is 11.4. The van der Waals surface area contributed by atoms with Crippen LogP contribution in [-0.2, 0) is 20.9 Å². The lowest BCUT2D eigenvalue weighted by Gasteiger charge is -2.16. The molecular weight excluding hydrogens is 280 g/mol. The Bertz CT molecular complexity index is 370. The largest absolute Gasteiger partial charge is 0.370 e. The minimum absolute atomic E-state index is 0.0910. The van der Waals surface area contributed by atoms with Crippen LogP contribution in [0.5, 0.6) is 0 Å². The van der Waals surface area contributed by atoms with E-state index in [4.69, 9.17) is 27.5 Å². The van der Waals surface area contributed by atoms with Crippen molar-refractivity contribution in [1.82, 2.24) is 4.47 Å². The zero-order valence-corrected chi connectivity index (χ0v) is 10.7. The molecule has 2 amide bonds. The molecule has 0 rings (SSSR count). The molecule has 0 aromatic heterocycles. The Balaban J connectivity index is 4.22. The Kier molecular flexibility index (Phi) is 7.40. The van der Waals surface area contributed by atoms with E-state index in [1.54, 1.807) is 0 Å². The summed E-state index contributed by atoms with van der Waals surface area (Å²) >= 11 is -2.88. The van der Waals surface area contributed by atoms with Gasteiger partial charge in [-0.1, -0.05) is 0 Å². The topological polar surface area (TPSA) is 200 Å². The molecule has 9 N–H and O–H groups in total. The number of hydrogen-bond acceptors (Lipinski definition) is 6. The molecule has 110 valence electrons. The van der Waals surface area contributed by atoms with Crippen molar-refractivity contribution in [3.63, 3.8) is 0 Å². The van der Waals surface area contributed by atoms with Gasteiger partial charge in [0.25, 0.3) is 0 Å². The molecule has 1 unspecified atom stereocenters. The predicted octanol–water partition coefficient (Wildman–Crippen LogP) is -2.66. The molecule has 0 spiro atoms. The zero-order valence-electron chi connectivity index (χ0n) is 9.89. The van der Waals surface area contributed by atoms with Gasteiger partial charge in [-0.05, 0) is 17.3 Å². The fraction of sp³-hybridized carbons (Fsp3) is 0.571. The summed E-state index contributed by atoms with van der Waals surface area (Å²) in [6.45, 7) is 0.259. The van der Waals surface area contributed by atoms with Crippen molar-refractivity contribution in [3.8, 4) is 0 Å². The monoisotopic (exact) mass is 296 g/mol. The SMILES string of the molecule is NC(=O)N(OC(=O)[C@@H](N)CCCN=C(N)N)S(=O)O. The van der Waals surface area contributed by atoms with Crippen LogP contribution in [0.4, 0.5) is 4.79 Å². The normalized spacial score (nSPS) is 13.2. The molecule has 19 heavy (non-hydrogen) atoms. The number of amides is 2. The molecule has 2 atom stereocenters. The van der Waals surface area contributed by atoms with Crippen LogP contribution in [0.1, 0.15) is 12.8 Å². The third kappa shape index (κ3) is 7.17. The van der Waals surface area contributed by atoms with Crippen LogP contribution in [0.25, 0.3) is 0 Å². The van der Waals surface area contributed by atoms with Crippen LogP contribution in [0.15, 0.2) is 4.99 Å². The van der Waals surface area contributed by atoms with Crippen molar-refractivity contribution in [2.24, 2.45) is 27.9 Å². The maximum absolute atomic E-state index is 11.4. The van der Waals surface area contributed by atoms with E-state index < -0.39 is 29.3 Å². The van der Waals surface area contributed by atoms with Crippen LogP contribution in [0.2, 0.25) is 0 Å². The number of guanidine groups is 1. The highest BCUT2D eigenvalue weighted by Crippen LogP contribution is 2.01. The summed E-state index contributed by atoms with van der Waals surface area (Å²) in [6.07, 6.45) is 0.535. The van der Waals surface area contributed by atoms with Crippen molar-refractivity contribution < 1.29 is 23.2 Å². The minimum Gasteiger partial charge on any atom is -0.370 e. The van der Waals surface area contributed by atoms with Crippen molar-refractivity contribution in [3.05, 3.63) is 0 Å². The molecular formula is C7H16N6O5S. The van der Waals surface area contributed by atoms with Crippen LogP contribution >= 0.6 is 0 Å². The van der Waals surface area contributed by atoms with Crippen LogP contribution in [0, 0.1) is 0 Å². The van der Waals surface area contributed by atoms with Gasteiger partial charge in [0, 0.05) is 6.54 Å².